The predicted molar refractivity (Wildman–Crippen MR) is 119 cm³/mol. The van der Waals surface area contributed by atoms with Gasteiger partial charge in [0, 0.05) is 16.8 Å². The maximum absolute atomic E-state index is 12.8. The molecule has 0 saturated carbocycles. The molecule has 1 amide bonds. The van der Waals surface area contributed by atoms with E-state index in [9.17, 15) is 13.2 Å². The first-order valence-electron chi connectivity index (χ1n) is 9.56. The van der Waals surface area contributed by atoms with E-state index in [0.717, 1.165) is 11.3 Å². The van der Waals surface area contributed by atoms with Gasteiger partial charge in [-0.3, -0.25) is 9.52 Å². The molecule has 3 aromatic rings. The minimum absolute atomic E-state index is 0.00718. The summed E-state index contributed by atoms with van der Waals surface area (Å²) in [6.45, 7) is 3.63. The van der Waals surface area contributed by atoms with Crippen LogP contribution in [0.25, 0.3) is 0 Å². The van der Waals surface area contributed by atoms with E-state index in [-0.39, 0.29) is 18.3 Å². The van der Waals surface area contributed by atoms with Crippen LogP contribution in [-0.2, 0) is 16.6 Å². The quantitative estimate of drug-likeness (QED) is 0.554. The molecule has 0 aliphatic rings. The van der Waals surface area contributed by atoms with Crippen molar-refractivity contribution < 1.29 is 17.9 Å². The highest BCUT2D eigenvalue weighted by molar-refractivity contribution is 7.92. The number of hydrogen-bond donors (Lipinski definition) is 2. The summed E-state index contributed by atoms with van der Waals surface area (Å²) in [5.41, 5.74) is 3.07. The summed E-state index contributed by atoms with van der Waals surface area (Å²) < 4.78 is 31.9. The Balaban J connectivity index is 1.72. The second kappa shape index (κ2) is 9.45. The summed E-state index contributed by atoms with van der Waals surface area (Å²) in [6.07, 6.45) is 0. The van der Waals surface area contributed by atoms with Crippen molar-refractivity contribution in [1.82, 2.24) is 0 Å². The van der Waals surface area contributed by atoms with Gasteiger partial charge < -0.3 is 10.1 Å². The van der Waals surface area contributed by atoms with Crippen molar-refractivity contribution >= 4 is 27.3 Å². The van der Waals surface area contributed by atoms with Gasteiger partial charge in [0.05, 0.1) is 11.4 Å². The number of rotatable bonds is 8. The molecule has 3 aromatic carbocycles. The SMILES string of the molecule is CCS(=O)(=O)Nc1ccc(NC(=O)c2ccccc2COc2ccccc2)cc1C. The van der Waals surface area contributed by atoms with E-state index in [2.05, 4.69) is 10.0 Å². The molecule has 0 spiro atoms. The Morgan fingerprint density at radius 1 is 0.967 bits per heavy atom. The van der Waals surface area contributed by atoms with Crippen LogP contribution in [0.5, 0.6) is 5.75 Å². The monoisotopic (exact) mass is 424 g/mol. The number of sulfonamides is 1. The summed E-state index contributed by atoms with van der Waals surface area (Å²) in [4.78, 5) is 12.8. The first kappa shape index (κ1) is 21.4. The molecule has 7 heteroatoms. The molecule has 0 bridgehead atoms. The molecule has 0 aliphatic carbocycles. The van der Waals surface area contributed by atoms with Crippen LogP contribution in [0, 0.1) is 6.92 Å². The molecule has 0 radical (unpaired) electrons. The summed E-state index contributed by atoms with van der Waals surface area (Å²) in [6, 6.07) is 21.7. The third-order valence-corrected chi connectivity index (χ3v) is 5.82. The zero-order valence-corrected chi connectivity index (χ0v) is 17.7. The lowest BCUT2D eigenvalue weighted by molar-refractivity contribution is 0.102. The standard InChI is InChI=1S/C23H24N2O4S/c1-3-30(27,28)25-22-14-13-19(15-17(22)2)24-23(26)21-12-8-7-9-18(21)16-29-20-10-5-4-6-11-20/h4-15,25H,3,16H2,1-2H3,(H,24,26). The van der Waals surface area contributed by atoms with Crippen LogP contribution in [-0.4, -0.2) is 20.1 Å². The number of aryl methyl sites for hydroxylation is 1. The van der Waals surface area contributed by atoms with Crippen LogP contribution in [0.15, 0.2) is 72.8 Å². The van der Waals surface area contributed by atoms with Gasteiger partial charge in [-0.15, -0.1) is 0 Å². The largest absolute Gasteiger partial charge is 0.489 e. The molecule has 0 aliphatic heterocycles. The van der Waals surface area contributed by atoms with Crippen LogP contribution < -0.4 is 14.8 Å². The van der Waals surface area contributed by atoms with Crippen LogP contribution >= 0.6 is 0 Å². The fourth-order valence-electron chi connectivity index (χ4n) is 2.84. The van der Waals surface area contributed by atoms with Gasteiger partial charge in [-0.1, -0.05) is 36.4 Å². The molecule has 156 valence electrons. The number of nitrogens with one attached hydrogen (secondary N) is 2. The molecule has 0 fully saturated rings. The fraction of sp³-hybridized carbons (Fsp3) is 0.174. The average molecular weight is 425 g/mol. The molecule has 0 atom stereocenters. The van der Waals surface area contributed by atoms with Gasteiger partial charge in [0.25, 0.3) is 5.91 Å². The normalized spacial score (nSPS) is 11.0. The van der Waals surface area contributed by atoms with Gasteiger partial charge in [0.2, 0.25) is 10.0 Å². The molecule has 30 heavy (non-hydrogen) atoms. The molecule has 0 unspecified atom stereocenters. The zero-order valence-electron chi connectivity index (χ0n) is 16.9. The molecular weight excluding hydrogens is 400 g/mol. The van der Waals surface area contributed by atoms with Gasteiger partial charge in [0.15, 0.2) is 0 Å². The average Bonchev–Trinajstić information content (AvgIpc) is 2.75. The van der Waals surface area contributed by atoms with Gasteiger partial charge in [-0.2, -0.15) is 0 Å². The van der Waals surface area contributed by atoms with Crippen molar-refractivity contribution in [2.75, 3.05) is 15.8 Å². The summed E-state index contributed by atoms with van der Waals surface area (Å²) in [7, 11) is -3.36. The van der Waals surface area contributed by atoms with Crippen molar-refractivity contribution in [3.05, 3.63) is 89.5 Å². The van der Waals surface area contributed by atoms with Gasteiger partial charge in [-0.05, 0) is 55.8 Å². The molecule has 0 heterocycles. The molecule has 0 saturated heterocycles. The molecule has 2 N–H and O–H groups in total. The topological polar surface area (TPSA) is 84.5 Å². The number of ether oxygens (including phenoxy) is 1. The Morgan fingerprint density at radius 3 is 2.37 bits per heavy atom. The van der Waals surface area contributed by atoms with E-state index in [1.165, 1.54) is 0 Å². The zero-order chi connectivity index (χ0) is 21.6. The van der Waals surface area contributed by atoms with E-state index >= 15 is 0 Å². The first-order chi connectivity index (χ1) is 14.4. The maximum Gasteiger partial charge on any atom is 0.256 e. The highest BCUT2D eigenvalue weighted by atomic mass is 32.2. The van der Waals surface area contributed by atoms with E-state index in [1.807, 2.05) is 42.5 Å². The first-order valence-corrected chi connectivity index (χ1v) is 11.2. The van der Waals surface area contributed by atoms with E-state index in [4.69, 9.17) is 4.74 Å². The minimum atomic E-state index is -3.36. The number of anilines is 2. The predicted octanol–water partition coefficient (Wildman–Crippen LogP) is 4.59. The number of carbonyl (C=O) groups is 1. The molecular formula is C23H24N2O4S. The van der Waals surface area contributed by atoms with Crippen molar-refractivity contribution in [2.24, 2.45) is 0 Å². The summed E-state index contributed by atoms with van der Waals surface area (Å²) in [5, 5.41) is 2.87. The van der Waals surface area contributed by atoms with Crippen LogP contribution in [0.1, 0.15) is 28.4 Å². The number of benzene rings is 3. The Bertz CT molecular complexity index is 1130. The number of hydrogen-bond acceptors (Lipinski definition) is 4. The van der Waals surface area contributed by atoms with E-state index < -0.39 is 10.0 Å². The Morgan fingerprint density at radius 2 is 1.67 bits per heavy atom. The lowest BCUT2D eigenvalue weighted by Gasteiger charge is -2.13. The molecule has 3 rings (SSSR count). The van der Waals surface area contributed by atoms with Crippen molar-refractivity contribution in [3.8, 4) is 5.75 Å². The van der Waals surface area contributed by atoms with Crippen LogP contribution in [0.4, 0.5) is 11.4 Å². The van der Waals surface area contributed by atoms with Gasteiger partial charge >= 0.3 is 0 Å². The number of amides is 1. The van der Waals surface area contributed by atoms with Crippen molar-refractivity contribution in [1.29, 1.82) is 0 Å². The highest BCUT2D eigenvalue weighted by Gasteiger charge is 2.13. The highest BCUT2D eigenvalue weighted by Crippen LogP contribution is 2.22. The minimum Gasteiger partial charge on any atom is -0.489 e. The van der Waals surface area contributed by atoms with E-state index in [0.29, 0.717) is 22.5 Å². The second-order valence-corrected chi connectivity index (χ2v) is 8.76. The van der Waals surface area contributed by atoms with Gasteiger partial charge in [-0.25, -0.2) is 8.42 Å². The maximum atomic E-state index is 12.8. The third-order valence-electron chi connectivity index (χ3n) is 4.53. The molecule has 6 nitrogen and oxygen atoms in total. The van der Waals surface area contributed by atoms with Crippen LogP contribution in [0.3, 0.4) is 0 Å². The lowest BCUT2D eigenvalue weighted by atomic mass is 10.1. The Kier molecular flexibility index (Phi) is 6.74. The lowest BCUT2D eigenvalue weighted by Crippen LogP contribution is -2.17. The number of para-hydroxylation sites is 1. The second-order valence-electron chi connectivity index (χ2n) is 6.75. The van der Waals surface area contributed by atoms with Crippen LogP contribution in [0.2, 0.25) is 0 Å². The van der Waals surface area contributed by atoms with E-state index in [1.54, 1.807) is 44.2 Å². The summed E-state index contributed by atoms with van der Waals surface area (Å²) >= 11 is 0. The third kappa shape index (κ3) is 5.61. The summed E-state index contributed by atoms with van der Waals surface area (Å²) in [5.74, 6) is 0.462. The Hall–Kier alpha value is -3.32. The van der Waals surface area contributed by atoms with Crippen molar-refractivity contribution in [2.45, 2.75) is 20.5 Å². The fourth-order valence-corrected chi connectivity index (χ4v) is 3.55. The number of carbonyl (C=O) groups excluding carboxylic acids is 1. The Labute approximate surface area is 177 Å². The van der Waals surface area contributed by atoms with Crippen molar-refractivity contribution in [3.63, 3.8) is 0 Å². The van der Waals surface area contributed by atoms with Gasteiger partial charge in [0.1, 0.15) is 12.4 Å². The smallest absolute Gasteiger partial charge is 0.256 e. The molecule has 0 aromatic heterocycles.